The average molecular weight is 395 g/mol. The molecule has 0 spiro atoms. The van der Waals surface area contributed by atoms with Gasteiger partial charge in [0.2, 0.25) is 0 Å². The van der Waals surface area contributed by atoms with E-state index in [1.165, 1.54) is 0 Å². The van der Waals surface area contributed by atoms with Gasteiger partial charge in [-0.15, -0.1) is 0 Å². The fourth-order valence-corrected chi connectivity index (χ4v) is 2.98. The largest absolute Gasteiger partial charge is 0.457 e. The quantitative estimate of drug-likeness (QED) is 0.461. The Bertz CT molecular complexity index is 1010. The van der Waals surface area contributed by atoms with Crippen molar-refractivity contribution in [2.45, 2.75) is 0 Å². The molecule has 0 fully saturated rings. The number of aryl methyl sites for hydroxylation is 1. The van der Waals surface area contributed by atoms with Crippen LogP contribution in [0.2, 0.25) is 0 Å². The Morgan fingerprint density at radius 1 is 0.920 bits per heavy atom. The number of para-hydroxylation sites is 1. The molecule has 0 aliphatic heterocycles. The van der Waals surface area contributed by atoms with Crippen LogP contribution in [0, 0.1) is 0 Å². The van der Waals surface area contributed by atoms with Crippen LogP contribution in [0.25, 0.3) is 11.0 Å². The summed E-state index contributed by atoms with van der Waals surface area (Å²) in [6, 6.07) is 23.9. The molecule has 4 aromatic rings. The second kappa shape index (κ2) is 6.61. The summed E-state index contributed by atoms with van der Waals surface area (Å²) in [7, 11) is 2.03. The Hall–Kier alpha value is -2.79. The Kier molecular flexibility index (Phi) is 4.15. The van der Waals surface area contributed by atoms with Crippen LogP contribution in [0.5, 0.6) is 11.5 Å². The predicted octanol–water partition coefficient (Wildman–Crippen LogP) is 5.29. The Morgan fingerprint density at radius 2 is 1.68 bits per heavy atom. The van der Waals surface area contributed by atoms with Gasteiger partial charge in [0.1, 0.15) is 22.5 Å². The van der Waals surface area contributed by atoms with Crippen molar-refractivity contribution in [3.8, 4) is 11.5 Å². The van der Waals surface area contributed by atoms with Gasteiger partial charge in [-0.05, 0) is 48.5 Å². The van der Waals surface area contributed by atoms with Gasteiger partial charge in [-0.1, -0.05) is 34.1 Å². The minimum atomic E-state index is 0.802. The highest BCUT2D eigenvalue weighted by Crippen LogP contribution is 2.25. The molecule has 4 nitrogen and oxygen atoms in total. The van der Waals surface area contributed by atoms with E-state index < -0.39 is 0 Å². The van der Waals surface area contributed by atoms with Crippen LogP contribution in [0.1, 0.15) is 0 Å². The second-order valence-corrected chi connectivity index (χ2v) is 6.67. The number of aromatic amines is 1. The maximum absolute atomic E-state index is 5.91. The van der Waals surface area contributed by atoms with Gasteiger partial charge in [-0.2, -0.15) is 0 Å². The Morgan fingerprint density at radius 3 is 2.44 bits per heavy atom. The number of fused-ring (bicyclic) bond motifs is 1. The molecule has 0 atom stereocenters. The van der Waals surface area contributed by atoms with Crippen molar-refractivity contribution in [1.82, 2.24) is 4.98 Å². The van der Waals surface area contributed by atoms with Crippen LogP contribution in [-0.2, 0) is 7.05 Å². The van der Waals surface area contributed by atoms with Gasteiger partial charge >= 0.3 is 5.95 Å². The number of hydrogen-bond donors (Lipinski definition) is 2. The zero-order chi connectivity index (χ0) is 17.2. The lowest BCUT2D eigenvalue weighted by molar-refractivity contribution is -0.629. The lowest BCUT2D eigenvalue weighted by atomic mass is 10.3. The maximum atomic E-state index is 5.91. The predicted molar refractivity (Wildman–Crippen MR) is 103 cm³/mol. The summed E-state index contributed by atoms with van der Waals surface area (Å²) in [5.41, 5.74) is 3.13. The van der Waals surface area contributed by atoms with Gasteiger partial charge in [-0.3, -0.25) is 0 Å². The number of H-pyrrole nitrogens is 1. The first-order valence-electron chi connectivity index (χ1n) is 7.96. The van der Waals surface area contributed by atoms with Crippen molar-refractivity contribution < 1.29 is 9.30 Å². The van der Waals surface area contributed by atoms with Gasteiger partial charge < -0.3 is 4.74 Å². The third-order valence-corrected chi connectivity index (χ3v) is 4.53. The highest BCUT2D eigenvalue weighted by atomic mass is 79.9. The fraction of sp³-hybridized carbons (Fsp3) is 0.0500. The molecule has 1 heterocycles. The molecule has 0 bridgehead atoms. The number of rotatable bonds is 4. The lowest BCUT2D eigenvalue weighted by Crippen LogP contribution is -2.29. The van der Waals surface area contributed by atoms with E-state index in [-0.39, 0.29) is 0 Å². The average Bonchev–Trinajstić information content (AvgIpc) is 2.93. The summed E-state index contributed by atoms with van der Waals surface area (Å²) in [5, 5.41) is 3.40. The monoisotopic (exact) mass is 394 g/mol. The van der Waals surface area contributed by atoms with E-state index in [9.17, 15) is 0 Å². The topological polar surface area (TPSA) is 40.9 Å². The Balaban J connectivity index is 1.63. The molecule has 5 heteroatoms. The number of hydrogen-bond acceptors (Lipinski definition) is 2. The SMILES string of the molecule is C[n+]1c(Nc2ccc(Br)cc2)[nH]c2cc(Oc3ccccc3)ccc21. The first kappa shape index (κ1) is 15.7. The van der Waals surface area contributed by atoms with Gasteiger partial charge in [0.05, 0.1) is 12.7 Å². The van der Waals surface area contributed by atoms with Crippen molar-refractivity contribution in [3.05, 3.63) is 77.3 Å². The molecule has 124 valence electrons. The zero-order valence-corrected chi connectivity index (χ0v) is 15.2. The maximum Gasteiger partial charge on any atom is 0.360 e. The fourth-order valence-electron chi connectivity index (χ4n) is 2.71. The van der Waals surface area contributed by atoms with Crippen molar-refractivity contribution in [3.63, 3.8) is 0 Å². The summed E-state index contributed by atoms with van der Waals surface area (Å²) in [5.74, 6) is 2.54. The van der Waals surface area contributed by atoms with Gasteiger partial charge in [-0.25, -0.2) is 14.9 Å². The summed E-state index contributed by atoms with van der Waals surface area (Å²) in [4.78, 5) is 3.41. The van der Waals surface area contributed by atoms with Crippen molar-refractivity contribution in [1.29, 1.82) is 0 Å². The molecular weight excluding hydrogens is 378 g/mol. The van der Waals surface area contributed by atoms with E-state index in [4.69, 9.17) is 4.74 Å². The highest BCUT2D eigenvalue weighted by molar-refractivity contribution is 9.10. The number of nitrogens with one attached hydrogen (secondary N) is 2. The lowest BCUT2D eigenvalue weighted by Gasteiger charge is -2.04. The zero-order valence-electron chi connectivity index (χ0n) is 13.7. The molecule has 3 aromatic carbocycles. The number of nitrogens with zero attached hydrogens (tertiary/aromatic N) is 1. The molecule has 0 aliphatic rings. The number of benzene rings is 3. The van der Waals surface area contributed by atoms with Crippen LogP contribution in [0.4, 0.5) is 11.6 Å². The molecule has 4 rings (SSSR count). The molecule has 0 radical (unpaired) electrons. The van der Waals surface area contributed by atoms with Crippen LogP contribution >= 0.6 is 15.9 Å². The van der Waals surface area contributed by atoms with Crippen LogP contribution in [0.3, 0.4) is 0 Å². The van der Waals surface area contributed by atoms with E-state index in [1.807, 2.05) is 73.8 Å². The highest BCUT2D eigenvalue weighted by Gasteiger charge is 2.15. The molecule has 0 amide bonds. The normalized spacial score (nSPS) is 10.8. The Labute approximate surface area is 154 Å². The van der Waals surface area contributed by atoms with E-state index in [0.717, 1.165) is 38.6 Å². The standard InChI is InChI=1S/C20H16BrN3O/c1-24-19-12-11-17(25-16-5-3-2-4-6-16)13-18(19)23-20(24)22-15-9-7-14(21)8-10-15/h2-13H,1H3,(H,22,23)/p+1. The third-order valence-electron chi connectivity index (χ3n) is 4.00. The smallest absolute Gasteiger partial charge is 0.360 e. The third kappa shape index (κ3) is 3.37. The second-order valence-electron chi connectivity index (χ2n) is 5.76. The minimum absolute atomic E-state index is 0.802. The first-order chi connectivity index (χ1) is 12.2. The van der Waals surface area contributed by atoms with E-state index >= 15 is 0 Å². The molecule has 0 unspecified atom stereocenters. The van der Waals surface area contributed by atoms with Crippen LogP contribution in [-0.4, -0.2) is 4.98 Å². The van der Waals surface area contributed by atoms with Crippen LogP contribution < -0.4 is 14.6 Å². The van der Waals surface area contributed by atoms with Gasteiger partial charge in [0.15, 0.2) is 0 Å². The van der Waals surface area contributed by atoms with Crippen LogP contribution in [0.15, 0.2) is 77.3 Å². The molecular formula is C20H17BrN3O+. The number of ether oxygens (including phenoxy) is 1. The first-order valence-corrected chi connectivity index (χ1v) is 8.75. The van der Waals surface area contributed by atoms with Crippen molar-refractivity contribution >= 4 is 38.6 Å². The summed E-state index contributed by atoms with van der Waals surface area (Å²) in [6.07, 6.45) is 0. The summed E-state index contributed by atoms with van der Waals surface area (Å²) < 4.78 is 9.06. The minimum Gasteiger partial charge on any atom is -0.457 e. The number of halogens is 1. The van der Waals surface area contributed by atoms with Gasteiger partial charge in [0, 0.05) is 10.5 Å². The van der Waals surface area contributed by atoms with Crippen molar-refractivity contribution in [2.75, 3.05) is 5.32 Å². The van der Waals surface area contributed by atoms with E-state index in [2.05, 4.69) is 36.9 Å². The van der Waals surface area contributed by atoms with Crippen molar-refractivity contribution in [2.24, 2.45) is 7.05 Å². The number of imidazole rings is 1. The molecule has 0 saturated carbocycles. The summed E-state index contributed by atoms with van der Waals surface area (Å²) in [6.45, 7) is 0. The molecule has 2 N–H and O–H groups in total. The number of anilines is 2. The molecule has 1 aromatic heterocycles. The molecule has 0 saturated heterocycles. The van der Waals surface area contributed by atoms with E-state index in [0.29, 0.717) is 0 Å². The number of aromatic nitrogens is 2. The molecule has 0 aliphatic carbocycles. The van der Waals surface area contributed by atoms with E-state index in [1.54, 1.807) is 0 Å². The summed E-state index contributed by atoms with van der Waals surface area (Å²) >= 11 is 3.45. The molecule has 25 heavy (non-hydrogen) atoms. The van der Waals surface area contributed by atoms with Gasteiger partial charge in [0.25, 0.3) is 0 Å².